The zero-order valence-electron chi connectivity index (χ0n) is 5.95. The maximum atomic E-state index is 9.33. The Morgan fingerprint density at radius 1 is 0.900 bits per heavy atom. The fourth-order valence-electron chi connectivity index (χ4n) is 0.880. The molecule has 0 unspecified atom stereocenters. The van der Waals surface area contributed by atoms with Gasteiger partial charge >= 0.3 is 0 Å². The van der Waals surface area contributed by atoms with Gasteiger partial charge in [-0.3, -0.25) is 0 Å². The molecule has 0 bridgehead atoms. The first-order valence-electron chi connectivity index (χ1n) is 3.64. The largest absolute Gasteiger partial charge is 0.355 e. The highest BCUT2D eigenvalue weighted by molar-refractivity contribution is 8.86. The van der Waals surface area contributed by atoms with Crippen molar-refractivity contribution >= 4 is 29.3 Å². The van der Waals surface area contributed by atoms with Gasteiger partial charge in [0.25, 0.3) is 0 Å². The predicted molar refractivity (Wildman–Crippen MR) is 52.5 cm³/mol. The second kappa shape index (κ2) is 5.70. The van der Waals surface area contributed by atoms with Gasteiger partial charge in [0.1, 0.15) is 6.55 Å². The smallest absolute Gasteiger partial charge is 0.149 e. The summed E-state index contributed by atoms with van der Waals surface area (Å²) >= 11 is 3.50. The molecule has 0 spiro atoms. The van der Waals surface area contributed by atoms with Crippen LogP contribution in [-0.2, 0) is 0 Å². The summed E-state index contributed by atoms with van der Waals surface area (Å²) in [6, 6.07) is 0. The van der Waals surface area contributed by atoms with Crippen molar-refractivity contribution in [2.45, 2.75) is 25.7 Å². The van der Waals surface area contributed by atoms with Gasteiger partial charge < -0.3 is 4.89 Å². The number of hydrogen-bond donors (Lipinski definition) is 1. The summed E-state index contributed by atoms with van der Waals surface area (Å²) in [5.41, 5.74) is 0. The third-order valence-corrected chi connectivity index (χ3v) is 7.14. The monoisotopic (exact) mass is 196 g/mol. The fraction of sp³-hybridized carbons (Fsp3) is 1.00. The van der Waals surface area contributed by atoms with Crippen molar-refractivity contribution in [2.75, 3.05) is 11.5 Å². The van der Waals surface area contributed by atoms with Crippen molar-refractivity contribution < 1.29 is 4.89 Å². The van der Waals surface area contributed by atoms with Crippen LogP contribution in [0.1, 0.15) is 25.7 Å². The fourth-order valence-corrected chi connectivity index (χ4v) is 5.88. The highest BCUT2D eigenvalue weighted by atomic mass is 33.1. The molecule has 0 aromatic heterocycles. The predicted octanol–water partition coefficient (Wildman–Crippen LogP) is 3.25. The van der Waals surface area contributed by atoms with Crippen LogP contribution in [0.15, 0.2) is 0 Å². The molecule has 1 rings (SSSR count). The van der Waals surface area contributed by atoms with Crippen molar-refractivity contribution in [3.63, 3.8) is 0 Å². The summed E-state index contributed by atoms with van der Waals surface area (Å²) in [6.45, 7) is -0.719. The highest BCUT2D eigenvalue weighted by Crippen LogP contribution is 2.58. The molecule has 0 saturated carbocycles. The molecule has 4 heteroatoms. The summed E-state index contributed by atoms with van der Waals surface area (Å²) in [5.74, 6) is 2.32. The SMILES string of the molecule is OP1SCCCCCCS1. The van der Waals surface area contributed by atoms with Gasteiger partial charge in [0.05, 0.1) is 0 Å². The van der Waals surface area contributed by atoms with Crippen LogP contribution in [-0.4, -0.2) is 16.4 Å². The first-order chi connectivity index (χ1) is 4.89. The third kappa shape index (κ3) is 4.07. The second-order valence-electron chi connectivity index (χ2n) is 2.32. The van der Waals surface area contributed by atoms with Gasteiger partial charge in [-0.1, -0.05) is 35.6 Å². The van der Waals surface area contributed by atoms with Crippen molar-refractivity contribution in [2.24, 2.45) is 0 Å². The first-order valence-corrected chi connectivity index (χ1v) is 8.12. The van der Waals surface area contributed by atoms with Crippen molar-refractivity contribution in [3.05, 3.63) is 0 Å². The molecule has 1 heterocycles. The van der Waals surface area contributed by atoms with Crippen LogP contribution < -0.4 is 0 Å². The maximum Gasteiger partial charge on any atom is 0.149 e. The molecule has 1 aliphatic heterocycles. The van der Waals surface area contributed by atoms with Gasteiger partial charge in [-0.05, 0) is 12.8 Å². The number of hydrogen-bond acceptors (Lipinski definition) is 3. The lowest BCUT2D eigenvalue weighted by Crippen LogP contribution is -1.78. The Labute approximate surface area is 71.7 Å². The van der Waals surface area contributed by atoms with Gasteiger partial charge in [0.15, 0.2) is 0 Å². The van der Waals surface area contributed by atoms with Crippen LogP contribution in [0.2, 0.25) is 0 Å². The zero-order valence-corrected chi connectivity index (χ0v) is 8.48. The van der Waals surface area contributed by atoms with E-state index in [1.54, 1.807) is 22.8 Å². The molecule has 0 amide bonds. The van der Waals surface area contributed by atoms with Gasteiger partial charge in [-0.25, -0.2) is 0 Å². The topological polar surface area (TPSA) is 20.2 Å². The molecule has 60 valence electrons. The first kappa shape index (κ1) is 9.18. The Morgan fingerprint density at radius 3 is 1.90 bits per heavy atom. The van der Waals surface area contributed by atoms with E-state index in [2.05, 4.69) is 0 Å². The molecule has 1 nitrogen and oxygen atoms in total. The maximum absolute atomic E-state index is 9.33. The third-order valence-electron chi connectivity index (χ3n) is 1.44. The minimum Gasteiger partial charge on any atom is -0.355 e. The summed E-state index contributed by atoms with van der Waals surface area (Å²) < 4.78 is 0. The molecule has 1 N–H and O–H groups in total. The Bertz CT molecular complexity index is 81.8. The zero-order chi connectivity index (χ0) is 7.23. The van der Waals surface area contributed by atoms with E-state index in [0.29, 0.717) is 0 Å². The molecule has 0 atom stereocenters. The standard InChI is InChI=1S/C6H13OPS2/c7-8-9-5-3-1-2-4-6-10-8/h7H,1-6H2. The van der Waals surface area contributed by atoms with Gasteiger partial charge in [0, 0.05) is 11.5 Å². The van der Waals surface area contributed by atoms with E-state index < -0.39 is 6.55 Å². The van der Waals surface area contributed by atoms with Gasteiger partial charge in [-0.2, -0.15) is 0 Å². The van der Waals surface area contributed by atoms with E-state index in [4.69, 9.17) is 0 Å². The van der Waals surface area contributed by atoms with Crippen molar-refractivity contribution in [1.82, 2.24) is 0 Å². The van der Waals surface area contributed by atoms with Crippen molar-refractivity contribution in [3.8, 4) is 0 Å². The van der Waals surface area contributed by atoms with E-state index >= 15 is 0 Å². The summed E-state index contributed by atoms with van der Waals surface area (Å²) in [6.07, 6.45) is 5.31. The Morgan fingerprint density at radius 2 is 1.40 bits per heavy atom. The van der Waals surface area contributed by atoms with Crippen molar-refractivity contribution in [1.29, 1.82) is 0 Å². The number of rotatable bonds is 0. The summed E-state index contributed by atoms with van der Waals surface area (Å²) in [5, 5.41) is 0. The molecule has 0 aliphatic carbocycles. The average Bonchev–Trinajstić information content (AvgIpc) is 2.02. The van der Waals surface area contributed by atoms with E-state index in [1.165, 1.54) is 25.7 Å². The van der Waals surface area contributed by atoms with E-state index in [-0.39, 0.29) is 0 Å². The molecular weight excluding hydrogens is 183 g/mol. The van der Waals surface area contributed by atoms with Gasteiger partial charge in [0.2, 0.25) is 0 Å². The van der Waals surface area contributed by atoms with E-state index in [9.17, 15) is 4.89 Å². The molecule has 1 fully saturated rings. The molecule has 0 aromatic rings. The van der Waals surface area contributed by atoms with Crippen LogP contribution in [0.4, 0.5) is 0 Å². The van der Waals surface area contributed by atoms with Crippen LogP contribution >= 0.6 is 29.3 Å². The Hall–Kier alpha value is 1.09. The normalized spacial score (nSPS) is 24.9. The second-order valence-corrected chi connectivity index (χ2v) is 8.44. The summed E-state index contributed by atoms with van der Waals surface area (Å²) in [4.78, 5) is 9.33. The Kier molecular flexibility index (Phi) is 5.24. The van der Waals surface area contributed by atoms with Crippen LogP contribution in [0, 0.1) is 0 Å². The van der Waals surface area contributed by atoms with E-state index in [0.717, 1.165) is 11.5 Å². The molecular formula is C6H13OPS2. The Balaban J connectivity index is 2.15. The molecule has 0 radical (unpaired) electrons. The molecule has 1 saturated heterocycles. The van der Waals surface area contributed by atoms with Gasteiger partial charge in [-0.15, -0.1) is 0 Å². The van der Waals surface area contributed by atoms with Crippen LogP contribution in [0.5, 0.6) is 0 Å². The minimum atomic E-state index is -0.719. The lowest BCUT2D eigenvalue weighted by atomic mass is 10.2. The quantitative estimate of drug-likeness (QED) is 0.600. The van der Waals surface area contributed by atoms with E-state index in [1.807, 2.05) is 0 Å². The summed E-state index contributed by atoms with van der Waals surface area (Å²) in [7, 11) is 0. The van der Waals surface area contributed by atoms with Crippen LogP contribution in [0.25, 0.3) is 0 Å². The average molecular weight is 196 g/mol. The molecule has 0 aromatic carbocycles. The van der Waals surface area contributed by atoms with Crippen LogP contribution in [0.3, 0.4) is 0 Å². The lowest BCUT2D eigenvalue weighted by Gasteiger charge is -2.04. The highest BCUT2D eigenvalue weighted by Gasteiger charge is 2.06. The molecule has 10 heavy (non-hydrogen) atoms. The minimum absolute atomic E-state index is 0.719. The molecule has 1 aliphatic rings. The lowest BCUT2D eigenvalue weighted by molar-refractivity contribution is 0.656.